The summed E-state index contributed by atoms with van der Waals surface area (Å²) in [6.45, 7) is 2.52. The van der Waals surface area contributed by atoms with Crippen molar-refractivity contribution in [1.29, 1.82) is 0 Å². The maximum absolute atomic E-state index is 14.3. The van der Waals surface area contributed by atoms with E-state index in [0.717, 1.165) is 52.6 Å². The van der Waals surface area contributed by atoms with E-state index in [1.165, 1.54) is 12.1 Å². The van der Waals surface area contributed by atoms with E-state index in [1.54, 1.807) is 12.3 Å². The minimum atomic E-state index is -3.34. The Kier molecular flexibility index (Phi) is 5.46. The lowest BCUT2D eigenvalue weighted by atomic mass is 10.1. The van der Waals surface area contributed by atoms with Crippen molar-refractivity contribution in [1.82, 2.24) is 14.5 Å². The lowest BCUT2D eigenvalue weighted by Gasteiger charge is -2.07. The number of sulfone groups is 1. The number of rotatable bonds is 7. The molecule has 3 aromatic rings. The predicted molar refractivity (Wildman–Crippen MR) is 114 cm³/mol. The Labute approximate surface area is 175 Å². The van der Waals surface area contributed by atoms with Gasteiger partial charge in [-0.05, 0) is 43.5 Å². The van der Waals surface area contributed by atoms with Crippen LogP contribution in [0.1, 0.15) is 41.3 Å². The van der Waals surface area contributed by atoms with Gasteiger partial charge in [0.25, 0.3) is 0 Å². The molecule has 0 aromatic carbocycles. The van der Waals surface area contributed by atoms with E-state index in [0.29, 0.717) is 18.9 Å². The summed E-state index contributed by atoms with van der Waals surface area (Å²) in [6.07, 6.45) is 7.09. The van der Waals surface area contributed by atoms with Gasteiger partial charge in [0.05, 0.1) is 24.1 Å². The van der Waals surface area contributed by atoms with Crippen LogP contribution in [0.3, 0.4) is 0 Å². The first-order chi connectivity index (χ1) is 14.3. The molecule has 0 bridgehead atoms. The van der Waals surface area contributed by atoms with Crippen LogP contribution in [0.4, 0.5) is 4.39 Å². The summed E-state index contributed by atoms with van der Waals surface area (Å²) in [5.41, 5.74) is 9.41. The minimum absolute atomic E-state index is 0.0555. The van der Waals surface area contributed by atoms with Gasteiger partial charge in [-0.1, -0.05) is 6.07 Å². The van der Waals surface area contributed by atoms with E-state index in [2.05, 4.69) is 10.7 Å². The van der Waals surface area contributed by atoms with Crippen molar-refractivity contribution in [3.8, 4) is 0 Å². The first-order valence-corrected chi connectivity index (χ1v) is 11.9. The Bertz CT molecular complexity index is 1230. The molecular weight excluding hydrogens is 403 g/mol. The maximum atomic E-state index is 14.3. The number of halogens is 1. The van der Waals surface area contributed by atoms with Crippen LogP contribution in [0.25, 0.3) is 11.0 Å². The molecule has 158 valence electrons. The Morgan fingerprint density at radius 1 is 1.30 bits per heavy atom. The molecule has 6 nitrogen and oxygen atoms in total. The van der Waals surface area contributed by atoms with Crippen molar-refractivity contribution in [2.24, 2.45) is 0 Å². The van der Waals surface area contributed by atoms with Crippen LogP contribution < -0.4 is 5.73 Å². The molecular formula is C22H26FN4O2S+. The Hall–Kier alpha value is -2.58. The number of fused-ring (bicyclic) bond motifs is 1. The van der Waals surface area contributed by atoms with Gasteiger partial charge in [-0.2, -0.15) is 0 Å². The van der Waals surface area contributed by atoms with Gasteiger partial charge in [0.15, 0.2) is 14.9 Å². The molecule has 0 amide bonds. The van der Waals surface area contributed by atoms with E-state index in [-0.39, 0.29) is 17.4 Å². The maximum Gasteiger partial charge on any atom is 0.192 e. The smallest absolute Gasteiger partial charge is 0.192 e. The standard InChI is InChI=1S/C22H25FN4O2S/c1-14-18(11-15-3-8-21(25-12-15)30(2,28)29)22-20(27(14)13-17(23)9-10-24)7-6-19(26-22)16-4-5-16/h3,6-9,12,16H,4-5,10-11,13,24H2,1-2H3/p+1. The zero-order valence-corrected chi connectivity index (χ0v) is 18.0. The largest absolute Gasteiger partial charge is 0.354 e. The van der Waals surface area contributed by atoms with Crippen molar-refractivity contribution < 1.29 is 18.5 Å². The van der Waals surface area contributed by atoms with Gasteiger partial charge >= 0.3 is 0 Å². The van der Waals surface area contributed by atoms with E-state index < -0.39 is 9.84 Å². The number of nitrogens with zero attached hydrogens (tertiary/aromatic N) is 3. The van der Waals surface area contributed by atoms with E-state index in [4.69, 9.17) is 4.98 Å². The first-order valence-electron chi connectivity index (χ1n) is 10.0. The average Bonchev–Trinajstić information content (AvgIpc) is 3.51. The van der Waals surface area contributed by atoms with Crippen LogP contribution >= 0.6 is 0 Å². The van der Waals surface area contributed by atoms with Gasteiger partial charge in [-0.3, -0.25) is 4.98 Å². The number of aromatic nitrogens is 3. The summed E-state index contributed by atoms with van der Waals surface area (Å²) in [6, 6.07) is 7.39. The molecule has 0 spiro atoms. The van der Waals surface area contributed by atoms with Crippen molar-refractivity contribution in [2.45, 2.75) is 43.7 Å². The van der Waals surface area contributed by atoms with Crippen molar-refractivity contribution in [3.05, 3.63) is 64.9 Å². The van der Waals surface area contributed by atoms with E-state index in [9.17, 15) is 12.8 Å². The fourth-order valence-electron chi connectivity index (χ4n) is 3.75. The number of quaternary nitrogens is 1. The number of allylic oxidation sites excluding steroid dienone is 1. The third kappa shape index (κ3) is 4.15. The fourth-order valence-corrected chi connectivity index (χ4v) is 4.31. The summed E-state index contributed by atoms with van der Waals surface area (Å²) in [4.78, 5) is 9.03. The van der Waals surface area contributed by atoms with Gasteiger partial charge in [-0.15, -0.1) is 0 Å². The van der Waals surface area contributed by atoms with Crippen LogP contribution in [0, 0.1) is 6.92 Å². The third-order valence-corrected chi connectivity index (χ3v) is 6.54. The molecule has 4 rings (SSSR count). The molecule has 0 unspecified atom stereocenters. The Balaban J connectivity index is 1.78. The highest BCUT2D eigenvalue weighted by Gasteiger charge is 2.26. The second-order valence-corrected chi connectivity index (χ2v) is 9.88. The lowest BCUT2D eigenvalue weighted by Crippen LogP contribution is -2.49. The van der Waals surface area contributed by atoms with Gasteiger partial charge in [0.2, 0.25) is 0 Å². The van der Waals surface area contributed by atoms with Crippen molar-refractivity contribution >= 4 is 20.9 Å². The van der Waals surface area contributed by atoms with Gasteiger partial charge in [0.1, 0.15) is 5.83 Å². The minimum Gasteiger partial charge on any atom is -0.354 e. The molecule has 0 atom stereocenters. The number of pyridine rings is 2. The molecule has 30 heavy (non-hydrogen) atoms. The second-order valence-electron chi connectivity index (χ2n) is 7.92. The summed E-state index contributed by atoms with van der Waals surface area (Å²) in [7, 11) is -3.34. The molecule has 1 aliphatic rings. The monoisotopic (exact) mass is 429 g/mol. The van der Waals surface area contributed by atoms with Crippen LogP contribution in [0.15, 0.2) is 47.4 Å². The summed E-state index contributed by atoms with van der Waals surface area (Å²) >= 11 is 0. The van der Waals surface area contributed by atoms with Crippen molar-refractivity contribution in [2.75, 3.05) is 12.8 Å². The highest BCUT2D eigenvalue weighted by molar-refractivity contribution is 7.90. The fraction of sp³-hybridized carbons (Fsp3) is 0.364. The molecule has 0 radical (unpaired) electrons. The molecule has 1 fully saturated rings. The first kappa shape index (κ1) is 20.7. The highest BCUT2D eigenvalue weighted by Crippen LogP contribution is 2.40. The topological polar surface area (TPSA) is 92.5 Å². The zero-order chi connectivity index (χ0) is 21.5. The number of hydrogen-bond acceptors (Lipinski definition) is 4. The molecule has 3 N–H and O–H groups in total. The van der Waals surface area contributed by atoms with Crippen LogP contribution in [0.2, 0.25) is 0 Å². The predicted octanol–water partition coefficient (Wildman–Crippen LogP) is 2.71. The van der Waals surface area contributed by atoms with Crippen LogP contribution in [-0.4, -0.2) is 35.8 Å². The van der Waals surface area contributed by atoms with Crippen LogP contribution in [-0.2, 0) is 22.8 Å². The Morgan fingerprint density at radius 2 is 2.07 bits per heavy atom. The van der Waals surface area contributed by atoms with Crippen LogP contribution in [0.5, 0.6) is 0 Å². The quantitative estimate of drug-likeness (QED) is 0.625. The third-order valence-electron chi connectivity index (χ3n) is 5.54. The zero-order valence-electron chi connectivity index (χ0n) is 17.2. The second kappa shape index (κ2) is 7.92. The average molecular weight is 430 g/mol. The Morgan fingerprint density at radius 3 is 2.67 bits per heavy atom. The highest BCUT2D eigenvalue weighted by atomic mass is 32.2. The molecule has 1 aliphatic carbocycles. The summed E-state index contributed by atoms with van der Waals surface area (Å²) in [5.74, 6) is 0.298. The van der Waals surface area contributed by atoms with Crippen molar-refractivity contribution in [3.63, 3.8) is 0 Å². The summed E-state index contributed by atoms with van der Waals surface area (Å²) < 4.78 is 39.6. The lowest BCUT2D eigenvalue weighted by molar-refractivity contribution is -0.353. The van der Waals surface area contributed by atoms with Gasteiger partial charge in [-0.25, -0.2) is 17.8 Å². The van der Waals surface area contributed by atoms with E-state index >= 15 is 0 Å². The summed E-state index contributed by atoms with van der Waals surface area (Å²) in [5, 5.41) is 0.0555. The normalized spacial score (nSPS) is 15.1. The number of hydrogen-bond donors (Lipinski definition) is 1. The molecule has 3 heterocycles. The van der Waals surface area contributed by atoms with Gasteiger partial charge in [0, 0.05) is 47.8 Å². The molecule has 3 aromatic heterocycles. The SMILES string of the molecule is Cc1c(Cc2ccc(S(C)(=O)=O)nc2)c2nc(C3CC3)ccc2n1CC(F)=CC[NH3+]. The molecule has 0 saturated heterocycles. The molecule has 0 aliphatic heterocycles. The van der Waals surface area contributed by atoms with Gasteiger partial charge < -0.3 is 10.3 Å². The molecule has 8 heteroatoms. The molecule has 1 saturated carbocycles. The van der Waals surface area contributed by atoms with E-state index in [1.807, 2.05) is 23.6 Å².